The lowest BCUT2D eigenvalue weighted by Gasteiger charge is -2.37. The van der Waals surface area contributed by atoms with E-state index >= 15 is 0 Å². The highest BCUT2D eigenvalue weighted by atomic mass is 16.2. The lowest BCUT2D eigenvalue weighted by atomic mass is 10.1. The van der Waals surface area contributed by atoms with Crippen LogP contribution in [0.4, 0.5) is 5.69 Å². The normalized spacial score (nSPS) is 14.0. The molecule has 1 amide bonds. The van der Waals surface area contributed by atoms with Gasteiger partial charge in [-0.15, -0.1) is 0 Å². The first-order valence-electron chi connectivity index (χ1n) is 13.0. The summed E-state index contributed by atoms with van der Waals surface area (Å²) in [6, 6.07) is 21.9. The number of hydrogen-bond donors (Lipinski definition) is 0. The summed E-state index contributed by atoms with van der Waals surface area (Å²) in [5.41, 5.74) is 6.88. The van der Waals surface area contributed by atoms with Crippen LogP contribution < -0.4 is 10.5 Å². The van der Waals surface area contributed by atoms with Crippen molar-refractivity contribution in [1.82, 2.24) is 19.2 Å². The van der Waals surface area contributed by atoms with E-state index in [1.54, 1.807) is 0 Å². The van der Waals surface area contributed by atoms with Crippen LogP contribution >= 0.6 is 0 Å². The summed E-state index contributed by atoms with van der Waals surface area (Å²) in [7, 11) is 1.88. The Kier molecular flexibility index (Phi) is 5.79. The SMILES string of the molecule is Cc1ccc(-n2nc(C(=O)N3CCN(c4cc(C)ccc4C)CC3)c3c4ccccc4n(C)c3c2=O)cc1. The number of carbonyl (C=O) groups is 1. The van der Waals surface area contributed by atoms with Gasteiger partial charge in [-0.3, -0.25) is 9.59 Å². The molecule has 7 nitrogen and oxygen atoms in total. The van der Waals surface area contributed by atoms with E-state index in [1.807, 2.05) is 72.0 Å². The van der Waals surface area contributed by atoms with Crippen molar-refractivity contribution in [2.45, 2.75) is 20.8 Å². The van der Waals surface area contributed by atoms with Gasteiger partial charge >= 0.3 is 0 Å². The zero-order chi connectivity index (χ0) is 26.6. The topological polar surface area (TPSA) is 63.4 Å². The third-order valence-electron chi connectivity index (χ3n) is 7.69. The Hall–Kier alpha value is -4.39. The number of aromatic nitrogens is 3. The predicted molar refractivity (Wildman–Crippen MR) is 153 cm³/mol. The molecule has 0 unspecified atom stereocenters. The number of piperazine rings is 1. The molecule has 3 heterocycles. The van der Waals surface area contributed by atoms with Gasteiger partial charge in [-0.1, -0.05) is 48.0 Å². The molecule has 1 fully saturated rings. The molecule has 7 heteroatoms. The van der Waals surface area contributed by atoms with Crippen molar-refractivity contribution in [3.8, 4) is 5.69 Å². The Labute approximate surface area is 221 Å². The van der Waals surface area contributed by atoms with Gasteiger partial charge in [-0.05, 0) is 56.2 Å². The molecule has 1 aliphatic heterocycles. The van der Waals surface area contributed by atoms with Gasteiger partial charge in [0.15, 0.2) is 5.69 Å². The maximum absolute atomic E-state index is 14.1. The zero-order valence-electron chi connectivity index (χ0n) is 22.2. The third kappa shape index (κ3) is 3.86. The van der Waals surface area contributed by atoms with Gasteiger partial charge in [-0.25, -0.2) is 0 Å². The molecule has 0 radical (unpaired) electrons. The van der Waals surface area contributed by atoms with Crippen LogP contribution in [0.3, 0.4) is 0 Å². The predicted octanol–water partition coefficient (Wildman–Crippen LogP) is 4.77. The lowest BCUT2D eigenvalue weighted by molar-refractivity contribution is 0.0741. The molecule has 0 atom stereocenters. The maximum atomic E-state index is 14.1. The van der Waals surface area contributed by atoms with E-state index in [2.05, 4.69) is 36.9 Å². The van der Waals surface area contributed by atoms with Crippen LogP contribution in [0.1, 0.15) is 27.2 Å². The van der Waals surface area contributed by atoms with E-state index in [0.717, 1.165) is 29.6 Å². The van der Waals surface area contributed by atoms with Crippen LogP contribution in [-0.4, -0.2) is 51.3 Å². The molecule has 3 aromatic carbocycles. The van der Waals surface area contributed by atoms with E-state index < -0.39 is 0 Å². The average Bonchev–Trinajstić information content (AvgIpc) is 3.24. The number of carbonyl (C=O) groups excluding carboxylic acids is 1. The molecule has 2 aromatic heterocycles. The van der Waals surface area contributed by atoms with Crippen molar-refractivity contribution in [2.24, 2.45) is 7.05 Å². The van der Waals surface area contributed by atoms with Crippen LogP contribution in [0.5, 0.6) is 0 Å². The van der Waals surface area contributed by atoms with Crippen molar-refractivity contribution >= 4 is 33.4 Å². The number of anilines is 1. The highest BCUT2D eigenvalue weighted by Gasteiger charge is 2.29. The fourth-order valence-electron chi connectivity index (χ4n) is 5.55. The highest BCUT2D eigenvalue weighted by molar-refractivity contribution is 6.16. The number of nitrogens with zero attached hydrogens (tertiary/aromatic N) is 5. The lowest BCUT2D eigenvalue weighted by Crippen LogP contribution is -2.49. The molecule has 0 bridgehead atoms. The number of fused-ring (bicyclic) bond motifs is 3. The second kappa shape index (κ2) is 9.17. The first kappa shape index (κ1) is 24.0. The van der Waals surface area contributed by atoms with Crippen LogP contribution in [0, 0.1) is 20.8 Å². The first-order chi connectivity index (χ1) is 18.3. The highest BCUT2D eigenvalue weighted by Crippen LogP contribution is 2.30. The van der Waals surface area contributed by atoms with Crippen LogP contribution in [0.15, 0.2) is 71.5 Å². The van der Waals surface area contributed by atoms with Crippen LogP contribution in [-0.2, 0) is 7.05 Å². The molecule has 1 saturated heterocycles. The van der Waals surface area contributed by atoms with Gasteiger partial charge in [0.25, 0.3) is 11.5 Å². The Morgan fingerprint density at radius 2 is 1.53 bits per heavy atom. The minimum Gasteiger partial charge on any atom is -0.368 e. The molecular weight excluding hydrogens is 474 g/mol. The standard InChI is InChI=1S/C31H31N5O2/c1-20-10-13-23(14-11-20)36-31(38)29-27(24-7-5-6-8-25(24)33(29)4)28(32-36)30(37)35-17-15-34(16-18-35)26-19-21(2)9-12-22(26)3/h5-14,19H,15-18H2,1-4H3. The Morgan fingerprint density at radius 1 is 0.842 bits per heavy atom. The number of benzene rings is 3. The number of amides is 1. The van der Waals surface area contributed by atoms with Gasteiger partial charge in [-0.2, -0.15) is 9.78 Å². The number of para-hydroxylation sites is 1. The summed E-state index contributed by atoms with van der Waals surface area (Å²) in [6.45, 7) is 8.89. The largest absolute Gasteiger partial charge is 0.368 e. The summed E-state index contributed by atoms with van der Waals surface area (Å²) in [4.78, 5) is 32.1. The van der Waals surface area contributed by atoms with Gasteiger partial charge in [0, 0.05) is 55.2 Å². The fraction of sp³-hybridized carbons (Fsp3) is 0.258. The van der Waals surface area contributed by atoms with Crippen molar-refractivity contribution in [1.29, 1.82) is 0 Å². The molecule has 0 saturated carbocycles. The summed E-state index contributed by atoms with van der Waals surface area (Å²) in [6.07, 6.45) is 0. The van der Waals surface area contributed by atoms with E-state index in [-0.39, 0.29) is 11.5 Å². The zero-order valence-corrected chi connectivity index (χ0v) is 22.2. The molecule has 1 aliphatic rings. The molecule has 38 heavy (non-hydrogen) atoms. The Bertz CT molecular complexity index is 1760. The van der Waals surface area contributed by atoms with Crippen molar-refractivity contribution in [3.05, 3.63) is 99.5 Å². The van der Waals surface area contributed by atoms with E-state index in [1.165, 1.54) is 21.5 Å². The summed E-state index contributed by atoms with van der Waals surface area (Å²) < 4.78 is 3.26. The Morgan fingerprint density at radius 3 is 2.26 bits per heavy atom. The van der Waals surface area contributed by atoms with Gasteiger partial charge in [0.2, 0.25) is 0 Å². The van der Waals surface area contributed by atoms with E-state index in [9.17, 15) is 9.59 Å². The molecule has 0 N–H and O–H groups in total. The minimum absolute atomic E-state index is 0.146. The summed E-state index contributed by atoms with van der Waals surface area (Å²) >= 11 is 0. The monoisotopic (exact) mass is 505 g/mol. The van der Waals surface area contributed by atoms with Crippen molar-refractivity contribution in [3.63, 3.8) is 0 Å². The molecular formula is C31H31N5O2. The number of hydrogen-bond acceptors (Lipinski definition) is 4. The van der Waals surface area contributed by atoms with Gasteiger partial charge < -0.3 is 14.4 Å². The number of aryl methyl sites for hydroxylation is 4. The second-order valence-corrected chi connectivity index (χ2v) is 10.3. The molecule has 192 valence electrons. The Balaban J connectivity index is 1.44. The van der Waals surface area contributed by atoms with E-state index in [4.69, 9.17) is 5.10 Å². The molecule has 6 rings (SSSR count). The second-order valence-electron chi connectivity index (χ2n) is 10.3. The number of rotatable bonds is 3. The molecule has 0 spiro atoms. The van der Waals surface area contributed by atoms with Crippen molar-refractivity contribution in [2.75, 3.05) is 31.1 Å². The summed E-state index contributed by atoms with van der Waals surface area (Å²) in [5.74, 6) is -0.146. The molecule has 0 aliphatic carbocycles. The van der Waals surface area contributed by atoms with Gasteiger partial charge in [0.1, 0.15) is 5.52 Å². The fourth-order valence-corrected chi connectivity index (χ4v) is 5.55. The van der Waals surface area contributed by atoms with Crippen molar-refractivity contribution < 1.29 is 4.79 Å². The van der Waals surface area contributed by atoms with Crippen LogP contribution in [0.2, 0.25) is 0 Å². The van der Waals surface area contributed by atoms with Crippen LogP contribution in [0.25, 0.3) is 27.5 Å². The van der Waals surface area contributed by atoms with E-state index in [0.29, 0.717) is 35.4 Å². The minimum atomic E-state index is -0.237. The maximum Gasteiger partial charge on any atom is 0.296 e. The van der Waals surface area contributed by atoms with Gasteiger partial charge in [0.05, 0.1) is 5.69 Å². The molecule has 5 aromatic rings. The summed E-state index contributed by atoms with van der Waals surface area (Å²) in [5, 5.41) is 6.22. The third-order valence-corrected chi connectivity index (χ3v) is 7.69. The first-order valence-corrected chi connectivity index (χ1v) is 13.0. The average molecular weight is 506 g/mol. The quantitative estimate of drug-likeness (QED) is 0.355. The smallest absolute Gasteiger partial charge is 0.296 e.